The van der Waals surface area contributed by atoms with Crippen molar-refractivity contribution in [3.63, 3.8) is 0 Å². The molecule has 0 saturated heterocycles. The minimum atomic E-state index is 0.937. The Kier molecular flexibility index (Phi) is 4.10. The van der Waals surface area contributed by atoms with Gasteiger partial charge in [0.2, 0.25) is 0 Å². The Morgan fingerprint density at radius 1 is 0.583 bits per heavy atom. The van der Waals surface area contributed by atoms with Crippen LogP contribution in [0.25, 0.3) is 70.4 Å². The Hall–Kier alpha value is -4.54. The number of hydrogen-bond acceptors (Lipinski definition) is 3. The van der Waals surface area contributed by atoms with Gasteiger partial charge in [-0.15, -0.1) is 16.4 Å². The standard InChI is InChI=1S/C32H19N3S/c1-2-8-21(9-3-1)35-29-12-6-4-10-22(29)27-17-20-16-26(28-19-36-31-13-7-5-11-23(28)31)24-14-15-33-34-32(24)25(20)18-30(27)35/h1-19H. The molecule has 0 saturated carbocycles. The first-order chi connectivity index (χ1) is 17.9. The molecule has 8 rings (SSSR count). The third-order valence-electron chi connectivity index (χ3n) is 7.20. The first kappa shape index (κ1) is 19.7. The molecule has 3 aromatic heterocycles. The highest BCUT2D eigenvalue weighted by molar-refractivity contribution is 7.17. The molecule has 0 aliphatic heterocycles. The van der Waals surface area contributed by atoms with Gasteiger partial charge in [0.1, 0.15) is 5.52 Å². The number of aromatic nitrogens is 3. The van der Waals surface area contributed by atoms with Crippen molar-refractivity contribution < 1.29 is 0 Å². The lowest BCUT2D eigenvalue weighted by Crippen LogP contribution is -1.94. The zero-order valence-corrected chi connectivity index (χ0v) is 20.0. The van der Waals surface area contributed by atoms with Crippen LogP contribution in [-0.2, 0) is 0 Å². The fraction of sp³-hybridized carbons (Fsp3) is 0. The molecular weight excluding hydrogens is 458 g/mol. The highest BCUT2D eigenvalue weighted by atomic mass is 32.1. The Morgan fingerprint density at radius 3 is 2.31 bits per heavy atom. The van der Waals surface area contributed by atoms with E-state index in [1.165, 1.54) is 48.4 Å². The summed E-state index contributed by atoms with van der Waals surface area (Å²) in [6.45, 7) is 0. The van der Waals surface area contributed by atoms with Crippen LogP contribution in [0.3, 0.4) is 0 Å². The van der Waals surface area contributed by atoms with Gasteiger partial charge in [-0.2, -0.15) is 5.10 Å². The molecule has 0 aliphatic carbocycles. The Balaban J connectivity index is 1.54. The van der Waals surface area contributed by atoms with Gasteiger partial charge in [0.25, 0.3) is 0 Å². The van der Waals surface area contributed by atoms with E-state index in [2.05, 4.69) is 123 Å². The van der Waals surface area contributed by atoms with Crippen molar-refractivity contribution in [2.75, 3.05) is 0 Å². The molecule has 0 atom stereocenters. The smallest absolute Gasteiger partial charge is 0.101 e. The zero-order valence-electron chi connectivity index (χ0n) is 19.2. The lowest BCUT2D eigenvalue weighted by Gasteiger charge is -2.11. The molecule has 4 heteroatoms. The maximum Gasteiger partial charge on any atom is 0.101 e. The molecule has 0 N–H and O–H groups in total. The molecule has 0 spiro atoms. The van der Waals surface area contributed by atoms with Crippen LogP contribution in [0.1, 0.15) is 0 Å². The summed E-state index contributed by atoms with van der Waals surface area (Å²) in [7, 11) is 0. The van der Waals surface area contributed by atoms with Gasteiger partial charge in [0.05, 0.1) is 17.2 Å². The molecule has 0 aliphatic rings. The molecule has 168 valence electrons. The van der Waals surface area contributed by atoms with Gasteiger partial charge in [-0.05, 0) is 64.9 Å². The second kappa shape index (κ2) is 7.48. The molecule has 5 aromatic carbocycles. The van der Waals surface area contributed by atoms with E-state index >= 15 is 0 Å². The van der Waals surface area contributed by atoms with Crippen LogP contribution >= 0.6 is 11.3 Å². The second-order valence-corrected chi connectivity index (χ2v) is 10.1. The number of thiophene rings is 1. The molecule has 0 unspecified atom stereocenters. The topological polar surface area (TPSA) is 30.7 Å². The Morgan fingerprint density at radius 2 is 1.39 bits per heavy atom. The van der Waals surface area contributed by atoms with Crippen molar-refractivity contribution >= 4 is 64.9 Å². The van der Waals surface area contributed by atoms with E-state index < -0.39 is 0 Å². The molecule has 3 nitrogen and oxygen atoms in total. The molecule has 0 fully saturated rings. The van der Waals surface area contributed by atoms with Crippen molar-refractivity contribution in [1.29, 1.82) is 0 Å². The number of hydrogen-bond donors (Lipinski definition) is 0. The minimum Gasteiger partial charge on any atom is -0.309 e. The first-order valence-electron chi connectivity index (χ1n) is 12.0. The summed E-state index contributed by atoms with van der Waals surface area (Å²) in [6, 6.07) is 36.9. The minimum absolute atomic E-state index is 0.937. The highest BCUT2D eigenvalue weighted by Gasteiger charge is 2.17. The van der Waals surface area contributed by atoms with Crippen molar-refractivity contribution in [3.05, 3.63) is 115 Å². The molecule has 8 aromatic rings. The fourth-order valence-electron chi connectivity index (χ4n) is 5.60. The van der Waals surface area contributed by atoms with Crippen molar-refractivity contribution in [2.24, 2.45) is 0 Å². The van der Waals surface area contributed by atoms with E-state index in [0.717, 1.165) is 22.0 Å². The summed E-state index contributed by atoms with van der Waals surface area (Å²) in [5, 5.41) is 18.4. The molecule has 36 heavy (non-hydrogen) atoms. The second-order valence-electron chi connectivity index (χ2n) is 9.14. The lowest BCUT2D eigenvalue weighted by molar-refractivity contribution is 1.08. The van der Waals surface area contributed by atoms with E-state index in [0.29, 0.717) is 0 Å². The predicted octanol–water partition coefficient (Wildman–Crippen LogP) is 8.76. The third kappa shape index (κ3) is 2.73. The SMILES string of the molecule is c1ccc(-n2c3ccccc3c3cc4cc(-c5csc6ccccc56)c5ccnnc5c4cc32)cc1. The lowest BCUT2D eigenvalue weighted by atomic mass is 9.95. The maximum atomic E-state index is 4.67. The molecule has 3 heterocycles. The number of benzene rings is 5. The molecular formula is C32H19N3S. The zero-order chi connectivity index (χ0) is 23.6. The average Bonchev–Trinajstić information content (AvgIpc) is 3.51. The summed E-state index contributed by atoms with van der Waals surface area (Å²) < 4.78 is 3.65. The molecule has 0 bridgehead atoms. The van der Waals surface area contributed by atoms with Gasteiger partial charge in [0.15, 0.2) is 0 Å². The number of rotatable bonds is 2. The van der Waals surface area contributed by atoms with Crippen LogP contribution in [0.2, 0.25) is 0 Å². The number of para-hydroxylation sites is 2. The Labute approximate surface area is 210 Å². The van der Waals surface area contributed by atoms with Crippen molar-refractivity contribution in [1.82, 2.24) is 14.8 Å². The fourth-order valence-corrected chi connectivity index (χ4v) is 6.56. The van der Waals surface area contributed by atoms with Crippen molar-refractivity contribution in [3.8, 4) is 16.8 Å². The predicted molar refractivity (Wildman–Crippen MR) is 152 cm³/mol. The van der Waals surface area contributed by atoms with Crippen LogP contribution in [-0.4, -0.2) is 14.8 Å². The summed E-state index contributed by atoms with van der Waals surface area (Å²) in [6.07, 6.45) is 1.80. The summed E-state index contributed by atoms with van der Waals surface area (Å²) in [5.41, 5.74) is 6.93. The quantitative estimate of drug-likeness (QED) is 0.233. The van der Waals surface area contributed by atoms with Crippen LogP contribution in [0, 0.1) is 0 Å². The van der Waals surface area contributed by atoms with Gasteiger partial charge >= 0.3 is 0 Å². The van der Waals surface area contributed by atoms with E-state index in [9.17, 15) is 0 Å². The van der Waals surface area contributed by atoms with Crippen LogP contribution < -0.4 is 0 Å². The van der Waals surface area contributed by atoms with E-state index in [1.807, 2.05) is 0 Å². The number of fused-ring (bicyclic) bond motifs is 7. The van der Waals surface area contributed by atoms with E-state index in [-0.39, 0.29) is 0 Å². The average molecular weight is 478 g/mol. The van der Waals surface area contributed by atoms with Crippen molar-refractivity contribution in [2.45, 2.75) is 0 Å². The van der Waals surface area contributed by atoms with Gasteiger partial charge in [-0.1, -0.05) is 54.6 Å². The molecule has 0 radical (unpaired) electrons. The highest BCUT2D eigenvalue weighted by Crippen LogP contribution is 2.42. The summed E-state index contributed by atoms with van der Waals surface area (Å²) in [5.74, 6) is 0. The van der Waals surface area contributed by atoms with E-state index in [4.69, 9.17) is 0 Å². The van der Waals surface area contributed by atoms with Crippen LogP contribution in [0.4, 0.5) is 0 Å². The van der Waals surface area contributed by atoms with Crippen LogP contribution in [0.5, 0.6) is 0 Å². The van der Waals surface area contributed by atoms with E-state index in [1.54, 1.807) is 17.5 Å². The normalized spacial score (nSPS) is 11.9. The monoisotopic (exact) mass is 477 g/mol. The largest absolute Gasteiger partial charge is 0.309 e. The van der Waals surface area contributed by atoms with Crippen LogP contribution in [0.15, 0.2) is 115 Å². The van der Waals surface area contributed by atoms with Gasteiger partial charge in [-0.25, -0.2) is 0 Å². The first-order valence-corrected chi connectivity index (χ1v) is 12.9. The number of nitrogens with zero attached hydrogens (tertiary/aromatic N) is 3. The van der Waals surface area contributed by atoms with Gasteiger partial charge in [-0.3, -0.25) is 0 Å². The van der Waals surface area contributed by atoms with Gasteiger partial charge in [0, 0.05) is 42.9 Å². The summed E-state index contributed by atoms with van der Waals surface area (Å²) >= 11 is 1.79. The maximum absolute atomic E-state index is 4.67. The van der Waals surface area contributed by atoms with Gasteiger partial charge < -0.3 is 4.57 Å². The third-order valence-corrected chi connectivity index (χ3v) is 8.16. The summed E-state index contributed by atoms with van der Waals surface area (Å²) in [4.78, 5) is 0. The Bertz CT molecular complexity index is 2100. The molecule has 0 amide bonds.